The SMILES string of the molecule is CNC(=O)C(CC(C)C)NC(C)c1cc(F)c(C)cc1F. The molecule has 21 heavy (non-hydrogen) atoms. The van der Waals surface area contributed by atoms with Gasteiger partial charge in [0, 0.05) is 18.7 Å². The van der Waals surface area contributed by atoms with E-state index in [1.165, 1.54) is 19.1 Å². The number of hydrogen-bond acceptors (Lipinski definition) is 2. The molecule has 0 fully saturated rings. The molecule has 0 spiro atoms. The van der Waals surface area contributed by atoms with Gasteiger partial charge in [0.15, 0.2) is 0 Å². The lowest BCUT2D eigenvalue weighted by atomic mass is 9.99. The standard InChI is InChI=1S/C16H24F2N2O/c1-9(2)6-15(16(21)19-5)20-11(4)12-8-13(17)10(3)7-14(12)18/h7-9,11,15,20H,6H2,1-5H3,(H,19,21). The van der Waals surface area contributed by atoms with Gasteiger partial charge in [-0.05, 0) is 43.9 Å². The van der Waals surface area contributed by atoms with E-state index in [-0.39, 0.29) is 17.0 Å². The first-order valence-corrected chi connectivity index (χ1v) is 7.19. The number of likely N-dealkylation sites (N-methyl/N-ethyl adjacent to an activating group) is 1. The highest BCUT2D eigenvalue weighted by atomic mass is 19.1. The Hall–Kier alpha value is -1.49. The Morgan fingerprint density at radius 1 is 1.19 bits per heavy atom. The van der Waals surface area contributed by atoms with Crippen molar-refractivity contribution in [2.75, 3.05) is 7.05 Å². The largest absolute Gasteiger partial charge is 0.358 e. The average molecular weight is 298 g/mol. The molecule has 2 atom stereocenters. The summed E-state index contributed by atoms with van der Waals surface area (Å²) < 4.78 is 27.6. The van der Waals surface area contributed by atoms with Crippen molar-refractivity contribution in [2.24, 2.45) is 5.92 Å². The molecule has 118 valence electrons. The number of carbonyl (C=O) groups is 1. The van der Waals surface area contributed by atoms with E-state index in [0.717, 1.165) is 0 Å². The number of amides is 1. The van der Waals surface area contributed by atoms with Gasteiger partial charge in [0.25, 0.3) is 0 Å². The fraction of sp³-hybridized carbons (Fsp3) is 0.562. The zero-order valence-corrected chi connectivity index (χ0v) is 13.3. The Kier molecular flexibility index (Phi) is 6.27. The summed E-state index contributed by atoms with van der Waals surface area (Å²) in [7, 11) is 1.56. The number of carbonyl (C=O) groups excluding carboxylic acids is 1. The van der Waals surface area contributed by atoms with Crippen LogP contribution in [0.3, 0.4) is 0 Å². The Bertz CT molecular complexity index is 503. The van der Waals surface area contributed by atoms with Crippen LogP contribution in [0.4, 0.5) is 8.78 Å². The van der Waals surface area contributed by atoms with E-state index >= 15 is 0 Å². The predicted molar refractivity (Wildman–Crippen MR) is 80.0 cm³/mol. The summed E-state index contributed by atoms with van der Waals surface area (Å²) in [6, 6.07) is 1.48. The molecular formula is C16H24F2N2O. The van der Waals surface area contributed by atoms with Crippen LogP contribution in [0.2, 0.25) is 0 Å². The zero-order valence-electron chi connectivity index (χ0n) is 13.3. The summed E-state index contributed by atoms with van der Waals surface area (Å²) >= 11 is 0. The van der Waals surface area contributed by atoms with Crippen LogP contribution in [-0.2, 0) is 4.79 Å². The van der Waals surface area contributed by atoms with Gasteiger partial charge in [0.2, 0.25) is 5.91 Å². The number of halogens is 2. The molecule has 0 saturated heterocycles. The molecule has 1 aromatic rings. The van der Waals surface area contributed by atoms with Crippen molar-refractivity contribution >= 4 is 5.91 Å². The fourth-order valence-electron chi connectivity index (χ4n) is 2.28. The van der Waals surface area contributed by atoms with E-state index in [9.17, 15) is 13.6 Å². The van der Waals surface area contributed by atoms with Crippen molar-refractivity contribution < 1.29 is 13.6 Å². The number of benzene rings is 1. The number of aryl methyl sites for hydroxylation is 1. The molecule has 0 aliphatic rings. The normalized spacial score (nSPS) is 14.1. The molecule has 0 radical (unpaired) electrons. The van der Waals surface area contributed by atoms with Crippen molar-refractivity contribution in [1.82, 2.24) is 10.6 Å². The molecule has 1 rings (SSSR count). The van der Waals surface area contributed by atoms with Gasteiger partial charge in [-0.25, -0.2) is 8.78 Å². The Labute approximate surface area is 125 Å². The molecule has 2 unspecified atom stereocenters. The smallest absolute Gasteiger partial charge is 0.236 e. The molecule has 2 N–H and O–H groups in total. The second-order valence-corrected chi connectivity index (χ2v) is 5.81. The lowest BCUT2D eigenvalue weighted by molar-refractivity contribution is -0.123. The lowest BCUT2D eigenvalue weighted by Crippen LogP contribution is -2.44. The van der Waals surface area contributed by atoms with Crippen molar-refractivity contribution in [3.63, 3.8) is 0 Å². The van der Waals surface area contributed by atoms with Crippen molar-refractivity contribution in [3.05, 3.63) is 34.9 Å². The van der Waals surface area contributed by atoms with Gasteiger partial charge in [-0.1, -0.05) is 13.8 Å². The van der Waals surface area contributed by atoms with E-state index in [1.54, 1.807) is 14.0 Å². The van der Waals surface area contributed by atoms with Crippen molar-refractivity contribution in [1.29, 1.82) is 0 Å². The van der Waals surface area contributed by atoms with Crippen LogP contribution in [-0.4, -0.2) is 19.0 Å². The van der Waals surface area contributed by atoms with Gasteiger partial charge >= 0.3 is 0 Å². The third-order valence-corrected chi connectivity index (χ3v) is 3.47. The van der Waals surface area contributed by atoms with Crippen LogP contribution in [0.25, 0.3) is 0 Å². The number of rotatable bonds is 6. The lowest BCUT2D eigenvalue weighted by Gasteiger charge is -2.24. The molecule has 1 aromatic carbocycles. The summed E-state index contributed by atoms with van der Waals surface area (Å²) in [5.41, 5.74) is 0.504. The molecule has 0 heterocycles. The first kappa shape index (κ1) is 17.6. The van der Waals surface area contributed by atoms with E-state index in [1.807, 2.05) is 13.8 Å². The van der Waals surface area contributed by atoms with Crippen LogP contribution in [0.1, 0.15) is 44.4 Å². The third-order valence-electron chi connectivity index (χ3n) is 3.47. The van der Waals surface area contributed by atoms with E-state index in [2.05, 4.69) is 10.6 Å². The first-order chi connectivity index (χ1) is 9.76. The van der Waals surface area contributed by atoms with E-state index in [0.29, 0.717) is 12.3 Å². The minimum atomic E-state index is -0.464. The van der Waals surface area contributed by atoms with Crippen molar-refractivity contribution in [2.45, 2.75) is 46.2 Å². The molecule has 5 heteroatoms. The highest BCUT2D eigenvalue weighted by Gasteiger charge is 2.23. The molecule has 0 saturated carbocycles. The van der Waals surface area contributed by atoms with E-state index < -0.39 is 23.7 Å². The maximum absolute atomic E-state index is 14.0. The van der Waals surface area contributed by atoms with Gasteiger partial charge in [-0.3, -0.25) is 10.1 Å². The fourth-order valence-corrected chi connectivity index (χ4v) is 2.28. The van der Waals surface area contributed by atoms with Crippen LogP contribution >= 0.6 is 0 Å². The molecule has 0 aromatic heterocycles. The minimum Gasteiger partial charge on any atom is -0.358 e. The maximum atomic E-state index is 14.0. The maximum Gasteiger partial charge on any atom is 0.236 e. The quantitative estimate of drug-likeness (QED) is 0.847. The van der Waals surface area contributed by atoms with Crippen LogP contribution in [0, 0.1) is 24.5 Å². The van der Waals surface area contributed by atoms with Crippen LogP contribution in [0.5, 0.6) is 0 Å². The minimum absolute atomic E-state index is 0.149. The Balaban J connectivity index is 2.93. The summed E-state index contributed by atoms with van der Waals surface area (Å²) in [4.78, 5) is 11.9. The van der Waals surface area contributed by atoms with Gasteiger partial charge < -0.3 is 5.32 Å². The van der Waals surface area contributed by atoms with Gasteiger partial charge in [0.05, 0.1) is 6.04 Å². The highest BCUT2D eigenvalue weighted by molar-refractivity contribution is 5.81. The summed E-state index contributed by atoms with van der Waals surface area (Å²) in [6.45, 7) is 7.26. The molecular weight excluding hydrogens is 274 g/mol. The Morgan fingerprint density at radius 2 is 1.81 bits per heavy atom. The average Bonchev–Trinajstić information content (AvgIpc) is 2.40. The monoisotopic (exact) mass is 298 g/mol. The predicted octanol–water partition coefficient (Wildman–Crippen LogP) is 3.08. The molecule has 0 bridgehead atoms. The van der Waals surface area contributed by atoms with Crippen LogP contribution < -0.4 is 10.6 Å². The zero-order chi connectivity index (χ0) is 16.2. The number of hydrogen-bond donors (Lipinski definition) is 2. The molecule has 0 aliphatic carbocycles. The Morgan fingerprint density at radius 3 is 2.33 bits per heavy atom. The molecule has 1 amide bonds. The molecule has 3 nitrogen and oxygen atoms in total. The number of nitrogens with one attached hydrogen (secondary N) is 2. The summed E-state index contributed by atoms with van der Waals surface area (Å²) in [5.74, 6) is -0.746. The first-order valence-electron chi connectivity index (χ1n) is 7.19. The molecule has 0 aliphatic heterocycles. The van der Waals surface area contributed by atoms with Crippen molar-refractivity contribution in [3.8, 4) is 0 Å². The summed E-state index contributed by atoms with van der Waals surface area (Å²) in [6.07, 6.45) is 0.625. The topological polar surface area (TPSA) is 41.1 Å². The van der Waals surface area contributed by atoms with Crippen LogP contribution in [0.15, 0.2) is 12.1 Å². The second-order valence-electron chi connectivity index (χ2n) is 5.81. The van der Waals surface area contributed by atoms with E-state index in [4.69, 9.17) is 0 Å². The summed E-state index contributed by atoms with van der Waals surface area (Å²) in [5, 5.41) is 5.68. The third kappa shape index (κ3) is 4.77. The van der Waals surface area contributed by atoms with Gasteiger partial charge in [0.1, 0.15) is 11.6 Å². The van der Waals surface area contributed by atoms with Gasteiger partial charge in [-0.15, -0.1) is 0 Å². The second kappa shape index (κ2) is 7.50. The van der Waals surface area contributed by atoms with Gasteiger partial charge in [-0.2, -0.15) is 0 Å². The highest BCUT2D eigenvalue weighted by Crippen LogP contribution is 2.22.